The third kappa shape index (κ3) is 2.48. The number of fused-ring (bicyclic) bond motifs is 1. The first-order chi connectivity index (χ1) is 11.7. The van der Waals surface area contributed by atoms with Gasteiger partial charge in [0.25, 0.3) is 0 Å². The summed E-state index contributed by atoms with van der Waals surface area (Å²) in [5.74, 6) is 1.64. The molecule has 2 heterocycles. The summed E-state index contributed by atoms with van der Waals surface area (Å²) >= 11 is 0. The second-order valence-electron chi connectivity index (χ2n) is 5.15. The number of rotatable bonds is 3. The van der Waals surface area contributed by atoms with Crippen LogP contribution in [0, 0.1) is 0 Å². The Labute approximate surface area is 137 Å². The molecule has 2 aliphatic heterocycles. The van der Waals surface area contributed by atoms with E-state index in [1.807, 2.05) is 18.2 Å². The Bertz CT molecular complexity index is 885. The summed E-state index contributed by atoms with van der Waals surface area (Å²) in [4.78, 5) is 16.4. The van der Waals surface area contributed by atoms with Crippen LogP contribution < -0.4 is 14.2 Å². The highest BCUT2D eigenvalue weighted by Gasteiger charge is 2.26. The zero-order valence-electron chi connectivity index (χ0n) is 12.8. The predicted octanol–water partition coefficient (Wildman–Crippen LogP) is 2.77. The third-order valence-corrected chi connectivity index (χ3v) is 3.66. The molecule has 0 fully saturated rings. The van der Waals surface area contributed by atoms with Crippen molar-refractivity contribution >= 4 is 17.9 Å². The Morgan fingerprint density at radius 1 is 1.12 bits per heavy atom. The highest BCUT2D eigenvalue weighted by atomic mass is 16.7. The number of para-hydroxylation sites is 1. The highest BCUT2D eigenvalue weighted by molar-refractivity contribution is 6.13. The SMILES string of the molecule is COc1ccccc1C1=N/C(=C/c2ccc3c(c2)OCO3)C(=O)O1. The lowest BCUT2D eigenvalue weighted by Gasteiger charge is -2.05. The van der Waals surface area contributed by atoms with E-state index in [0.717, 1.165) is 5.56 Å². The van der Waals surface area contributed by atoms with Gasteiger partial charge in [-0.2, -0.15) is 0 Å². The van der Waals surface area contributed by atoms with E-state index in [1.54, 1.807) is 37.5 Å². The normalized spacial score (nSPS) is 17.0. The van der Waals surface area contributed by atoms with E-state index in [-0.39, 0.29) is 18.4 Å². The fourth-order valence-corrected chi connectivity index (χ4v) is 2.51. The topological polar surface area (TPSA) is 66.3 Å². The fraction of sp³-hybridized carbons (Fsp3) is 0.111. The van der Waals surface area contributed by atoms with Gasteiger partial charge in [-0.15, -0.1) is 0 Å². The monoisotopic (exact) mass is 323 g/mol. The number of esters is 1. The van der Waals surface area contributed by atoms with E-state index in [0.29, 0.717) is 22.8 Å². The minimum atomic E-state index is -0.506. The molecule has 0 N–H and O–H groups in total. The zero-order chi connectivity index (χ0) is 16.5. The van der Waals surface area contributed by atoms with Crippen LogP contribution in [-0.4, -0.2) is 25.8 Å². The van der Waals surface area contributed by atoms with Crippen LogP contribution in [0.1, 0.15) is 11.1 Å². The number of carbonyl (C=O) groups excluding carboxylic acids is 1. The van der Waals surface area contributed by atoms with Gasteiger partial charge < -0.3 is 18.9 Å². The molecule has 0 saturated carbocycles. The Kier molecular flexibility index (Phi) is 3.42. The van der Waals surface area contributed by atoms with Crippen molar-refractivity contribution in [3.63, 3.8) is 0 Å². The van der Waals surface area contributed by atoms with E-state index < -0.39 is 5.97 Å². The molecule has 0 spiro atoms. The molecule has 0 amide bonds. The largest absolute Gasteiger partial charge is 0.496 e. The van der Waals surface area contributed by atoms with Crippen molar-refractivity contribution in [2.24, 2.45) is 4.99 Å². The van der Waals surface area contributed by atoms with Crippen LogP contribution in [0.15, 0.2) is 53.2 Å². The lowest BCUT2D eigenvalue weighted by molar-refractivity contribution is -0.129. The van der Waals surface area contributed by atoms with Crippen LogP contribution >= 0.6 is 0 Å². The van der Waals surface area contributed by atoms with Crippen LogP contribution in [0.2, 0.25) is 0 Å². The number of aliphatic imine (C=N–C) groups is 1. The molecule has 4 rings (SSSR count). The molecule has 0 unspecified atom stereocenters. The van der Waals surface area contributed by atoms with Gasteiger partial charge in [-0.3, -0.25) is 0 Å². The van der Waals surface area contributed by atoms with Crippen molar-refractivity contribution in [3.8, 4) is 17.2 Å². The number of carbonyl (C=O) groups is 1. The van der Waals surface area contributed by atoms with Gasteiger partial charge >= 0.3 is 5.97 Å². The summed E-state index contributed by atoms with van der Waals surface area (Å²) in [6.07, 6.45) is 1.65. The molecule has 2 aromatic rings. The fourth-order valence-electron chi connectivity index (χ4n) is 2.51. The molecule has 2 aliphatic rings. The molecule has 0 bridgehead atoms. The predicted molar refractivity (Wildman–Crippen MR) is 86.2 cm³/mol. The molecule has 0 atom stereocenters. The van der Waals surface area contributed by atoms with E-state index >= 15 is 0 Å². The zero-order valence-corrected chi connectivity index (χ0v) is 12.8. The number of ether oxygens (including phenoxy) is 4. The van der Waals surface area contributed by atoms with Gasteiger partial charge in [-0.25, -0.2) is 9.79 Å². The summed E-state index contributed by atoms with van der Waals surface area (Å²) in [7, 11) is 1.56. The minimum Gasteiger partial charge on any atom is -0.496 e. The van der Waals surface area contributed by atoms with Gasteiger partial charge in [-0.05, 0) is 35.9 Å². The van der Waals surface area contributed by atoms with Crippen molar-refractivity contribution in [1.29, 1.82) is 0 Å². The van der Waals surface area contributed by atoms with Crippen LogP contribution in [0.25, 0.3) is 6.08 Å². The van der Waals surface area contributed by atoms with Crippen molar-refractivity contribution in [2.45, 2.75) is 0 Å². The average molecular weight is 323 g/mol. The van der Waals surface area contributed by atoms with Crippen molar-refractivity contribution < 1.29 is 23.7 Å². The maximum atomic E-state index is 12.1. The molecule has 24 heavy (non-hydrogen) atoms. The molecular weight excluding hydrogens is 310 g/mol. The summed E-state index contributed by atoms with van der Waals surface area (Å²) in [5.41, 5.74) is 1.62. The number of methoxy groups -OCH3 is 1. The molecule has 0 aromatic heterocycles. The van der Waals surface area contributed by atoms with Gasteiger partial charge in [-0.1, -0.05) is 18.2 Å². The molecule has 2 aromatic carbocycles. The Balaban J connectivity index is 1.68. The number of hydrogen-bond donors (Lipinski definition) is 0. The first kappa shape index (κ1) is 14.3. The quantitative estimate of drug-likeness (QED) is 0.642. The molecule has 6 heteroatoms. The molecular formula is C18H13NO5. The van der Waals surface area contributed by atoms with Crippen molar-refractivity contribution in [1.82, 2.24) is 0 Å². The molecule has 0 saturated heterocycles. The maximum Gasteiger partial charge on any atom is 0.363 e. The third-order valence-electron chi connectivity index (χ3n) is 3.66. The number of benzene rings is 2. The standard InChI is InChI=1S/C18H13NO5/c1-21-14-5-3-2-4-12(14)17-19-13(18(20)24-17)8-11-6-7-15-16(9-11)23-10-22-15/h2-9H,10H2,1H3/b13-8+. The van der Waals surface area contributed by atoms with Gasteiger partial charge in [0, 0.05) is 0 Å². The van der Waals surface area contributed by atoms with Crippen LogP contribution in [-0.2, 0) is 9.53 Å². The maximum absolute atomic E-state index is 12.1. The number of hydrogen-bond acceptors (Lipinski definition) is 6. The van der Waals surface area contributed by atoms with Crippen LogP contribution in [0.3, 0.4) is 0 Å². The number of nitrogens with zero attached hydrogens (tertiary/aromatic N) is 1. The van der Waals surface area contributed by atoms with Crippen molar-refractivity contribution in [3.05, 3.63) is 59.3 Å². The molecule has 0 aliphatic carbocycles. The second kappa shape index (κ2) is 5.73. The van der Waals surface area contributed by atoms with Gasteiger partial charge in [0.05, 0.1) is 12.7 Å². The van der Waals surface area contributed by atoms with E-state index in [1.165, 1.54) is 0 Å². The smallest absolute Gasteiger partial charge is 0.363 e. The minimum absolute atomic E-state index is 0.202. The first-order valence-electron chi connectivity index (χ1n) is 7.30. The summed E-state index contributed by atoms with van der Waals surface area (Å²) in [5, 5.41) is 0. The summed E-state index contributed by atoms with van der Waals surface area (Å²) in [6, 6.07) is 12.6. The van der Waals surface area contributed by atoms with Gasteiger partial charge in [0.2, 0.25) is 12.7 Å². The lowest BCUT2D eigenvalue weighted by Crippen LogP contribution is -2.06. The summed E-state index contributed by atoms with van der Waals surface area (Å²) < 4.78 is 21.1. The lowest BCUT2D eigenvalue weighted by atomic mass is 10.1. The second-order valence-corrected chi connectivity index (χ2v) is 5.15. The van der Waals surface area contributed by atoms with Crippen LogP contribution in [0.4, 0.5) is 0 Å². The molecule has 6 nitrogen and oxygen atoms in total. The van der Waals surface area contributed by atoms with Crippen LogP contribution in [0.5, 0.6) is 17.2 Å². The average Bonchev–Trinajstić information content (AvgIpc) is 3.21. The Morgan fingerprint density at radius 2 is 1.96 bits per heavy atom. The first-order valence-corrected chi connectivity index (χ1v) is 7.30. The highest BCUT2D eigenvalue weighted by Crippen LogP contribution is 2.33. The Morgan fingerprint density at radius 3 is 2.83 bits per heavy atom. The number of cyclic esters (lactones) is 1. The van der Waals surface area contributed by atoms with E-state index in [4.69, 9.17) is 18.9 Å². The Hall–Kier alpha value is -3.28. The van der Waals surface area contributed by atoms with E-state index in [2.05, 4.69) is 4.99 Å². The van der Waals surface area contributed by atoms with Gasteiger partial charge in [0.1, 0.15) is 5.75 Å². The van der Waals surface area contributed by atoms with Crippen molar-refractivity contribution in [2.75, 3.05) is 13.9 Å². The molecule has 0 radical (unpaired) electrons. The van der Waals surface area contributed by atoms with Gasteiger partial charge in [0.15, 0.2) is 17.2 Å². The van der Waals surface area contributed by atoms with E-state index in [9.17, 15) is 4.79 Å². The summed E-state index contributed by atoms with van der Waals surface area (Å²) in [6.45, 7) is 0.202. The molecule has 120 valence electrons.